The molecule has 0 spiro atoms. The fourth-order valence-corrected chi connectivity index (χ4v) is 6.68. The molecule has 0 amide bonds. The molecule has 5 rings (SSSR count). The highest BCUT2D eigenvalue weighted by molar-refractivity contribution is 7.99. The molecule has 1 N–H and O–H groups in total. The van der Waals surface area contributed by atoms with Crippen LogP contribution in [0.4, 0.5) is 4.39 Å². The van der Waals surface area contributed by atoms with Crippen molar-refractivity contribution in [3.05, 3.63) is 107 Å². The lowest BCUT2D eigenvalue weighted by atomic mass is 10.1. The largest absolute Gasteiger partial charge is 0.241 e. The Labute approximate surface area is 185 Å². The monoisotopic (exact) mass is 449 g/mol. The van der Waals surface area contributed by atoms with E-state index in [1.54, 1.807) is 48.2 Å². The molecule has 0 heterocycles. The SMILES string of the molecule is Cc1ccc(S(=O)(=O)N[C@H]2c3cccc4cccc(c34)[C@H]2Sc2ccc(F)cc2)cc1. The standard InChI is InChI=1S/C25H20FNO2S2/c1-16-8-14-20(15-9-16)31(28,29)27-24-21-6-2-4-17-5-3-7-22(23(17)21)25(24)30-19-12-10-18(26)11-13-19/h2-15,24-25,27H,1H3/t24-,25+/m0/s1. The van der Waals surface area contributed by atoms with Gasteiger partial charge in [-0.2, -0.15) is 0 Å². The minimum atomic E-state index is -3.73. The smallest absolute Gasteiger partial charge is 0.207 e. The Bertz CT molecular complexity index is 1360. The zero-order valence-electron chi connectivity index (χ0n) is 16.7. The van der Waals surface area contributed by atoms with Gasteiger partial charge in [-0.05, 0) is 65.2 Å². The van der Waals surface area contributed by atoms with Gasteiger partial charge in [-0.3, -0.25) is 0 Å². The van der Waals surface area contributed by atoms with Crippen molar-refractivity contribution in [2.75, 3.05) is 0 Å². The van der Waals surface area contributed by atoms with Crippen LogP contribution in [0.3, 0.4) is 0 Å². The molecule has 0 aliphatic heterocycles. The van der Waals surface area contributed by atoms with Crippen LogP contribution < -0.4 is 4.72 Å². The molecular weight excluding hydrogens is 429 g/mol. The van der Waals surface area contributed by atoms with Crippen molar-refractivity contribution in [3.8, 4) is 0 Å². The van der Waals surface area contributed by atoms with Crippen LogP contribution in [0.15, 0.2) is 94.7 Å². The minimum Gasteiger partial charge on any atom is -0.207 e. The third-order valence-corrected chi connectivity index (χ3v) is 8.38. The molecule has 0 bridgehead atoms. The number of rotatable bonds is 5. The number of aryl methyl sites for hydroxylation is 1. The van der Waals surface area contributed by atoms with Gasteiger partial charge in [0.2, 0.25) is 10.0 Å². The van der Waals surface area contributed by atoms with Gasteiger partial charge in [-0.15, -0.1) is 11.8 Å². The summed E-state index contributed by atoms with van der Waals surface area (Å²) in [4.78, 5) is 1.13. The van der Waals surface area contributed by atoms with E-state index in [9.17, 15) is 12.8 Å². The predicted molar refractivity (Wildman–Crippen MR) is 123 cm³/mol. The van der Waals surface area contributed by atoms with Crippen molar-refractivity contribution < 1.29 is 12.8 Å². The van der Waals surface area contributed by atoms with Crippen molar-refractivity contribution in [3.63, 3.8) is 0 Å². The number of benzene rings is 4. The summed E-state index contributed by atoms with van der Waals surface area (Å²) in [6.45, 7) is 1.92. The molecule has 0 unspecified atom stereocenters. The molecule has 1 aliphatic carbocycles. The topological polar surface area (TPSA) is 46.2 Å². The van der Waals surface area contributed by atoms with Crippen molar-refractivity contribution in [2.24, 2.45) is 0 Å². The van der Waals surface area contributed by atoms with Crippen LogP contribution in [0.2, 0.25) is 0 Å². The first kappa shape index (κ1) is 20.2. The molecule has 0 fully saturated rings. The lowest BCUT2D eigenvalue weighted by Gasteiger charge is -2.23. The molecule has 1 aliphatic rings. The molecule has 2 atom stereocenters. The maximum Gasteiger partial charge on any atom is 0.241 e. The van der Waals surface area contributed by atoms with Gasteiger partial charge >= 0.3 is 0 Å². The van der Waals surface area contributed by atoms with Crippen LogP contribution in [-0.4, -0.2) is 8.42 Å². The van der Waals surface area contributed by atoms with Crippen LogP contribution in [0, 0.1) is 12.7 Å². The van der Waals surface area contributed by atoms with Gasteiger partial charge in [0, 0.05) is 4.90 Å². The lowest BCUT2D eigenvalue weighted by molar-refractivity contribution is 0.557. The van der Waals surface area contributed by atoms with Crippen LogP contribution in [0.25, 0.3) is 10.8 Å². The summed E-state index contributed by atoms with van der Waals surface area (Å²) < 4.78 is 42.9. The first-order valence-electron chi connectivity index (χ1n) is 9.95. The van der Waals surface area contributed by atoms with Crippen molar-refractivity contribution in [2.45, 2.75) is 28.0 Å². The van der Waals surface area contributed by atoms with Crippen LogP contribution in [-0.2, 0) is 10.0 Å². The lowest BCUT2D eigenvalue weighted by Crippen LogP contribution is -2.30. The van der Waals surface area contributed by atoms with E-state index in [1.807, 2.05) is 43.3 Å². The summed E-state index contributed by atoms with van der Waals surface area (Å²) in [6.07, 6.45) is 0. The first-order chi connectivity index (χ1) is 14.9. The van der Waals surface area contributed by atoms with E-state index >= 15 is 0 Å². The second kappa shape index (κ2) is 7.79. The van der Waals surface area contributed by atoms with Gasteiger partial charge in [-0.1, -0.05) is 54.1 Å². The summed E-state index contributed by atoms with van der Waals surface area (Å²) in [5.41, 5.74) is 3.05. The third-order valence-electron chi connectivity index (χ3n) is 5.60. The Kier molecular flexibility index (Phi) is 5.08. The van der Waals surface area contributed by atoms with E-state index in [0.29, 0.717) is 0 Å². The minimum absolute atomic E-state index is 0.174. The molecule has 0 saturated heterocycles. The van der Waals surface area contributed by atoms with E-state index in [1.165, 1.54) is 12.1 Å². The zero-order chi connectivity index (χ0) is 21.6. The molecule has 4 aromatic rings. The Hall–Kier alpha value is -2.67. The normalized spacial score (nSPS) is 17.9. The molecule has 31 heavy (non-hydrogen) atoms. The predicted octanol–water partition coefficient (Wildman–Crippen LogP) is 6.15. The summed E-state index contributed by atoms with van der Waals surface area (Å²) in [5, 5.41) is 1.99. The van der Waals surface area contributed by atoms with E-state index in [2.05, 4.69) is 4.72 Å². The number of thioether (sulfide) groups is 1. The van der Waals surface area contributed by atoms with Gasteiger partial charge < -0.3 is 0 Å². The van der Waals surface area contributed by atoms with Crippen molar-refractivity contribution in [1.82, 2.24) is 4.72 Å². The molecule has 156 valence electrons. The highest BCUT2D eigenvalue weighted by Crippen LogP contribution is 2.53. The average molecular weight is 450 g/mol. The zero-order valence-corrected chi connectivity index (χ0v) is 18.4. The summed E-state index contributed by atoms with van der Waals surface area (Å²) in [7, 11) is -3.73. The third kappa shape index (κ3) is 3.76. The molecule has 0 radical (unpaired) electrons. The Balaban J connectivity index is 1.58. The molecular formula is C25H20FNO2S2. The second-order valence-corrected chi connectivity index (χ2v) is 10.6. The van der Waals surface area contributed by atoms with Gasteiger partial charge in [0.1, 0.15) is 5.82 Å². The molecule has 6 heteroatoms. The average Bonchev–Trinajstić information content (AvgIpc) is 3.04. The number of nitrogens with one attached hydrogen (secondary N) is 1. The molecule has 0 aromatic heterocycles. The number of halogens is 1. The highest BCUT2D eigenvalue weighted by atomic mass is 32.2. The molecule has 0 saturated carbocycles. The van der Waals surface area contributed by atoms with Crippen LogP contribution >= 0.6 is 11.8 Å². The van der Waals surface area contributed by atoms with Crippen molar-refractivity contribution in [1.29, 1.82) is 0 Å². The van der Waals surface area contributed by atoms with Crippen molar-refractivity contribution >= 4 is 32.6 Å². The van der Waals surface area contributed by atoms with E-state index in [-0.39, 0.29) is 16.0 Å². The highest BCUT2D eigenvalue weighted by Gasteiger charge is 2.37. The molecule has 3 nitrogen and oxygen atoms in total. The second-order valence-electron chi connectivity index (χ2n) is 7.70. The van der Waals surface area contributed by atoms with Gasteiger partial charge in [0.15, 0.2) is 0 Å². The quantitative estimate of drug-likeness (QED) is 0.397. The number of hydrogen-bond acceptors (Lipinski definition) is 3. The summed E-state index contributed by atoms with van der Waals surface area (Å²) in [6, 6.07) is 24.8. The Morgan fingerprint density at radius 1 is 0.839 bits per heavy atom. The van der Waals surface area contributed by atoms with E-state index in [0.717, 1.165) is 32.4 Å². The van der Waals surface area contributed by atoms with Crippen LogP contribution in [0.5, 0.6) is 0 Å². The van der Waals surface area contributed by atoms with Crippen LogP contribution in [0.1, 0.15) is 28.0 Å². The Morgan fingerprint density at radius 2 is 1.48 bits per heavy atom. The Morgan fingerprint density at radius 3 is 2.16 bits per heavy atom. The van der Waals surface area contributed by atoms with Gasteiger partial charge in [0.05, 0.1) is 16.2 Å². The number of sulfonamides is 1. The maximum absolute atomic E-state index is 13.4. The molecule has 4 aromatic carbocycles. The fraction of sp³-hybridized carbons (Fsp3) is 0.120. The number of hydrogen-bond donors (Lipinski definition) is 1. The first-order valence-corrected chi connectivity index (χ1v) is 12.3. The van der Waals surface area contributed by atoms with Gasteiger partial charge in [-0.25, -0.2) is 17.5 Å². The summed E-state index contributed by atoms with van der Waals surface area (Å²) >= 11 is 1.54. The maximum atomic E-state index is 13.4. The van der Waals surface area contributed by atoms with Gasteiger partial charge in [0.25, 0.3) is 0 Å². The van der Waals surface area contributed by atoms with E-state index in [4.69, 9.17) is 0 Å². The fourth-order valence-electron chi connectivity index (χ4n) is 4.11. The van der Waals surface area contributed by atoms with E-state index < -0.39 is 16.1 Å². The summed E-state index contributed by atoms with van der Waals surface area (Å²) in [5.74, 6) is -0.294.